The van der Waals surface area contributed by atoms with Crippen molar-refractivity contribution < 1.29 is 9.59 Å². The van der Waals surface area contributed by atoms with E-state index in [-0.39, 0.29) is 48.5 Å². The van der Waals surface area contributed by atoms with Gasteiger partial charge >= 0.3 is 6.03 Å². The van der Waals surface area contributed by atoms with Crippen LogP contribution in [-0.4, -0.2) is 87.5 Å². The minimum absolute atomic E-state index is 0. The predicted octanol–water partition coefficient (Wildman–Crippen LogP) is 6.39. The number of urea groups is 1. The molecular formula is C31H48Cl2N4O2S. The summed E-state index contributed by atoms with van der Waals surface area (Å²) in [7, 11) is 0. The van der Waals surface area contributed by atoms with E-state index in [1.807, 2.05) is 28.8 Å². The molecule has 9 heteroatoms. The molecule has 2 bridgehead atoms. The Hall–Kier alpha value is -1.15. The fourth-order valence-electron chi connectivity index (χ4n) is 7.57. The molecule has 3 saturated heterocycles. The van der Waals surface area contributed by atoms with Crippen LogP contribution in [0.5, 0.6) is 0 Å². The SMILES string of the molecule is CCN(CC)C(=O)N(C1CCCCC1)C1CC2CCC(C1)N2C(=O)[C@@H](Cc1ccc(Cl)cc1)NC1CCSC1.Cl. The maximum Gasteiger partial charge on any atom is 0.320 e. The summed E-state index contributed by atoms with van der Waals surface area (Å²) in [6.45, 7) is 5.67. The van der Waals surface area contributed by atoms with E-state index in [1.54, 1.807) is 0 Å². The molecule has 1 saturated carbocycles. The Kier molecular flexibility index (Phi) is 11.8. The molecule has 6 nitrogen and oxygen atoms in total. The van der Waals surface area contributed by atoms with Crippen LogP contribution in [0, 0.1) is 0 Å². The summed E-state index contributed by atoms with van der Waals surface area (Å²) in [4.78, 5) is 34.6. The third kappa shape index (κ3) is 7.25. The van der Waals surface area contributed by atoms with E-state index in [4.69, 9.17) is 11.6 Å². The summed E-state index contributed by atoms with van der Waals surface area (Å²) in [6, 6.07) is 9.36. The van der Waals surface area contributed by atoms with Crippen molar-refractivity contribution in [2.75, 3.05) is 24.6 Å². The van der Waals surface area contributed by atoms with Crippen LogP contribution < -0.4 is 5.32 Å². The quantitative estimate of drug-likeness (QED) is 0.352. The van der Waals surface area contributed by atoms with Crippen molar-refractivity contribution in [3.8, 4) is 0 Å². The monoisotopic (exact) mass is 610 g/mol. The molecule has 4 aliphatic rings. The predicted molar refractivity (Wildman–Crippen MR) is 169 cm³/mol. The number of halogens is 2. The van der Waals surface area contributed by atoms with Crippen molar-refractivity contribution in [3.63, 3.8) is 0 Å². The summed E-state index contributed by atoms with van der Waals surface area (Å²) < 4.78 is 0. The largest absolute Gasteiger partial charge is 0.335 e. The van der Waals surface area contributed by atoms with E-state index in [9.17, 15) is 9.59 Å². The van der Waals surface area contributed by atoms with Crippen LogP contribution in [0.15, 0.2) is 24.3 Å². The Morgan fingerprint density at radius 1 is 0.975 bits per heavy atom. The molecule has 40 heavy (non-hydrogen) atoms. The first kappa shape index (κ1) is 31.8. The Morgan fingerprint density at radius 2 is 1.62 bits per heavy atom. The van der Waals surface area contributed by atoms with Crippen LogP contribution in [0.4, 0.5) is 4.79 Å². The summed E-state index contributed by atoms with van der Waals surface area (Å²) in [5, 5.41) is 4.49. The van der Waals surface area contributed by atoms with Crippen LogP contribution in [0.2, 0.25) is 5.02 Å². The van der Waals surface area contributed by atoms with Gasteiger partial charge in [0, 0.05) is 54.1 Å². The second-order valence-corrected chi connectivity index (χ2v) is 13.6. The van der Waals surface area contributed by atoms with Crippen LogP contribution in [0.3, 0.4) is 0 Å². The lowest BCUT2D eigenvalue weighted by Crippen LogP contribution is -2.61. The van der Waals surface area contributed by atoms with E-state index >= 15 is 0 Å². The van der Waals surface area contributed by atoms with Crippen molar-refractivity contribution >= 4 is 47.7 Å². The number of rotatable bonds is 9. The molecule has 3 unspecified atom stereocenters. The van der Waals surface area contributed by atoms with Crippen molar-refractivity contribution in [3.05, 3.63) is 34.9 Å². The van der Waals surface area contributed by atoms with Crippen molar-refractivity contribution in [1.82, 2.24) is 20.0 Å². The first-order valence-corrected chi connectivity index (χ1v) is 17.0. The molecule has 0 spiro atoms. The fourth-order valence-corrected chi connectivity index (χ4v) is 8.86. The minimum atomic E-state index is -0.221. The molecule has 3 amide bonds. The molecule has 0 radical (unpaired) electrons. The molecule has 3 heterocycles. The number of piperidine rings is 1. The van der Waals surface area contributed by atoms with Crippen LogP contribution in [0.25, 0.3) is 0 Å². The van der Waals surface area contributed by atoms with E-state index in [0.29, 0.717) is 18.5 Å². The Bertz CT molecular complexity index is 953. The second-order valence-electron chi connectivity index (χ2n) is 12.0. The smallest absolute Gasteiger partial charge is 0.320 e. The van der Waals surface area contributed by atoms with E-state index < -0.39 is 0 Å². The maximum absolute atomic E-state index is 14.3. The number of carbonyl (C=O) groups excluding carboxylic acids is 2. The molecule has 224 valence electrons. The summed E-state index contributed by atoms with van der Waals surface area (Å²) in [6.07, 6.45) is 11.7. The number of carbonyl (C=O) groups is 2. The average Bonchev–Trinajstić information content (AvgIpc) is 3.56. The summed E-state index contributed by atoms with van der Waals surface area (Å²) in [5.41, 5.74) is 1.14. The van der Waals surface area contributed by atoms with Gasteiger partial charge in [0.2, 0.25) is 5.91 Å². The first-order valence-electron chi connectivity index (χ1n) is 15.5. The zero-order chi connectivity index (χ0) is 27.4. The molecule has 0 aromatic heterocycles. The van der Waals surface area contributed by atoms with E-state index in [1.165, 1.54) is 19.3 Å². The molecule has 1 N–H and O–H groups in total. The van der Waals surface area contributed by atoms with Crippen LogP contribution in [0.1, 0.15) is 83.6 Å². The van der Waals surface area contributed by atoms with Gasteiger partial charge in [0.05, 0.1) is 6.04 Å². The van der Waals surface area contributed by atoms with E-state index in [2.05, 4.69) is 41.1 Å². The van der Waals surface area contributed by atoms with E-state index in [0.717, 1.165) is 80.1 Å². The molecule has 1 aromatic carbocycles. The zero-order valence-corrected chi connectivity index (χ0v) is 26.6. The van der Waals surface area contributed by atoms with Gasteiger partial charge in [0.15, 0.2) is 0 Å². The lowest BCUT2D eigenvalue weighted by atomic mass is 9.89. The number of fused-ring (bicyclic) bond motifs is 2. The number of nitrogens with one attached hydrogen (secondary N) is 1. The minimum Gasteiger partial charge on any atom is -0.335 e. The highest BCUT2D eigenvalue weighted by molar-refractivity contribution is 7.99. The lowest BCUT2D eigenvalue weighted by molar-refractivity contribution is -0.139. The highest BCUT2D eigenvalue weighted by Crippen LogP contribution is 2.40. The number of hydrogen-bond acceptors (Lipinski definition) is 4. The van der Waals surface area contributed by atoms with Gasteiger partial charge in [-0.1, -0.05) is 43.0 Å². The highest BCUT2D eigenvalue weighted by Gasteiger charge is 2.48. The van der Waals surface area contributed by atoms with Crippen molar-refractivity contribution in [2.45, 2.75) is 121 Å². The Labute approximate surface area is 256 Å². The second kappa shape index (κ2) is 14.8. The van der Waals surface area contributed by atoms with Crippen LogP contribution in [-0.2, 0) is 11.2 Å². The molecule has 3 aliphatic heterocycles. The maximum atomic E-state index is 14.3. The number of hydrogen-bond donors (Lipinski definition) is 1. The molecule has 5 rings (SSSR count). The first-order chi connectivity index (χ1) is 19.0. The molecular weight excluding hydrogens is 563 g/mol. The van der Waals surface area contributed by atoms with Crippen LogP contribution >= 0.6 is 35.8 Å². The Balaban J connectivity index is 0.00000370. The van der Waals surface area contributed by atoms with Gasteiger partial charge in [0.25, 0.3) is 0 Å². The topological polar surface area (TPSA) is 55.9 Å². The number of benzene rings is 1. The van der Waals surface area contributed by atoms with Gasteiger partial charge in [-0.05, 0) is 88.7 Å². The normalized spacial score (nSPS) is 27.2. The molecule has 4 fully saturated rings. The zero-order valence-electron chi connectivity index (χ0n) is 24.2. The summed E-state index contributed by atoms with van der Waals surface area (Å²) >= 11 is 8.12. The molecule has 4 atom stereocenters. The number of amides is 3. The van der Waals surface area contributed by atoms with Crippen molar-refractivity contribution in [1.29, 1.82) is 0 Å². The van der Waals surface area contributed by atoms with Gasteiger partial charge < -0.3 is 20.0 Å². The van der Waals surface area contributed by atoms with Gasteiger partial charge in [-0.15, -0.1) is 12.4 Å². The van der Waals surface area contributed by atoms with Crippen molar-refractivity contribution in [2.24, 2.45) is 0 Å². The van der Waals surface area contributed by atoms with Gasteiger partial charge in [-0.25, -0.2) is 4.79 Å². The third-order valence-corrected chi connectivity index (χ3v) is 11.0. The molecule has 1 aliphatic carbocycles. The van der Waals surface area contributed by atoms with Gasteiger partial charge in [-0.2, -0.15) is 11.8 Å². The highest BCUT2D eigenvalue weighted by atomic mass is 35.5. The summed E-state index contributed by atoms with van der Waals surface area (Å²) in [5.74, 6) is 2.49. The molecule has 1 aromatic rings. The number of nitrogens with zero attached hydrogens (tertiary/aromatic N) is 3. The fraction of sp³-hybridized carbons (Fsp3) is 0.742. The average molecular weight is 612 g/mol. The Morgan fingerprint density at radius 3 is 2.20 bits per heavy atom. The van der Waals surface area contributed by atoms with Gasteiger partial charge in [0.1, 0.15) is 0 Å². The number of thioether (sulfide) groups is 1. The standard InChI is InChI=1S/C31H47ClN4O2S.ClH/c1-3-34(4-2)31(38)36(25-8-6-5-7-9-25)28-19-26-14-15-27(20-28)35(26)30(37)29(33-24-16-17-39-21-24)18-22-10-12-23(32)13-11-22;/h10-13,24-29,33H,3-9,14-21H2,1-2H3;1H/t24?,26?,27?,28?,29-;/m1./s1. The third-order valence-electron chi connectivity index (χ3n) is 9.60. The lowest BCUT2D eigenvalue weighted by Gasteiger charge is -2.48. The van der Waals surface area contributed by atoms with Gasteiger partial charge in [-0.3, -0.25) is 4.79 Å².